The second-order valence-corrected chi connectivity index (χ2v) is 8.66. The van der Waals surface area contributed by atoms with Gasteiger partial charge in [-0.25, -0.2) is 0 Å². The molecule has 2 aromatic carbocycles. The molecule has 5 nitrogen and oxygen atoms in total. The molecule has 0 saturated carbocycles. The van der Waals surface area contributed by atoms with Crippen LogP contribution in [-0.2, 0) is 30.4 Å². The SMILES string of the molecule is Cc1ccc(S(=O)(=O)OCC2CCCC(OCc3ccc(Cl)cc3)O2)cc1. The van der Waals surface area contributed by atoms with Crippen LogP contribution in [0, 0.1) is 6.92 Å². The molecule has 1 aliphatic heterocycles. The van der Waals surface area contributed by atoms with Gasteiger partial charge < -0.3 is 9.47 Å². The molecule has 0 radical (unpaired) electrons. The Morgan fingerprint density at radius 2 is 1.78 bits per heavy atom. The standard InChI is InChI=1S/C20H23ClO5S/c1-15-5-11-19(12-6-15)27(22,23)25-14-18-3-2-4-20(26-18)24-13-16-7-9-17(21)10-8-16/h5-12,18,20H,2-4,13-14H2,1H3. The molecule has 2 aromatic rings. The Labute approximate surface area is 165 Å². The van der Waals surface area contributed by atoms with Gasteiger partial charge in [0.05, 0.1) is 24.2 Å². The number of hydrogen-bond donors (Lipinski definition) is 0. The van der Waals surface area contributed by atoms with Gasteiger partial charge in [-0.3, -0.25) is 4.18 Å². The molecule has 1 fully saturated rings. The third-order valence-corrected chi connectivity index (χ3v) is 5.93. The Balaban J connectivity index is 1.49. The fourth-order valence-corrected chi connectivity index (χ4v) is 3.88. The quantitative estimate of drug-likeness (QED) is 0.630. The molecule has 0 spiro atoms. The van der Waals surface area contributed by atoms with Gasteiger partial charge in [-0.2, -0.15) is 8.42 Å². The van der Waals surface area contributed by atoms with Crippen molar-refractivity contribution in [3.8, 4) is 0 Å². The molecule has 2 unspecified atom stereocenters. The predicted octanol–water partition coefficient (Wildman–Crippen LogP) is 4.47. The summed E-state index contributed by atoms with van der Waals surface area (Å²) in [6.45, 7) is 2.30. The van der Waals surface area contributed by atoms with Gasteiger partial charge in [-0.15, -0.1) is 0 Å². The van der Waals surface area contributed by atoms with Crippen LogP contribution in [0.5, 0.6) is 0 Å². The second kappa shape index (κ2) is 9.17. The van der Waals surface area contributed by atoms with Gasteiger partial charge in [-0.1, -0.05) is 41.4 Å². The lowest BCUT2D eigenvalue weighted by Gasteiger charge is -2.29. The molecular formula is C20H23ClO5S. The molecule has 27 heavy (non-hydrogen) atoms. The highest BCUT2D eigenvalue weighted by Crippen LogP contribution is 2.23. The minimum atomic E-state index is -3.79. The van der Waals surface area contributed by atoms with E-state index >= 15 is 0 Å². The van der Waals surface area contributed by atoms with E-state index in [9.17, 15) is 8.42 Å². The van der Waals surface area contributed by atoms with Gasteiger partial charge in [0.2, 0.25) is 0 Å². The monoisotopic (exact) mass is 410 g/mol. The third-order valence-electron chi connectivity index (χ3n) is 4.38. The van der Waals surface area contributed by atoms with Crippen LogP contribution in [0.2, 0.25) is 5.02 Å². The van der Waals surface area contributed by atoms with E-state index in [0.29, 0.717) is 11.6 Å². The Morgan fingerprint density at radius 1 is 1.07 bits per heavy atom. The molecule has 0 N–H and O–H groups in total. The van der Waals surface area contributed by atoms with Crippen molar-refractivity contribution in [1.82, 2.24) is 0 Å². The second-order valence-electron chi connectivity index (χ2n) is 6.61. The van der Waals surface area contributed by atoms with E-state index < -0.39 is 10.1 Å². The van der Waals surface area contributed by atoms with Crippen LogP contribution >= 0.6 is 11.6 Å². The summed E-state index contributed by atoms with van der Waals surface area (Å²) >= 11 is 5.87. The molecular weight excluding hydrogens is 388 g/mol. The zero-order valence-corrected chi connectivity index (χ0v) is 16.7. The summed E-state index contributed by atoms with van der Waals surface area (Å²) in [5.74, 6) is 0. The molecule has 1 saturated heterocycles. The summed E-state index contributed by atoms with van der Waals surface area (Å²) in [6, 6.07) is 14.0. The van der Waals surface area contributed by atoms with Crippen molar-refractivity contribution in [3.05, 3.63) is 64.7 Å². The van der Waals surface area contributed by atoms with Crippen LogP contribution in [0.4, 0.5) is 0 Å². The maximum absolute atomic E-state index is 12.3. The highest BCUT2D eigenvalue weighted by atomic mass is 35.5. The van der Waals surface area contributed by atoms with Gasteiger partial charge in [0.25, 0.3) is 10.1 Å². The average molecular weight is 411 g/mol. The van der Waals surface area contributed by atoms with Crippen molar-refractivity contribution < 1.29 is 22.1 Å². The first-order valence-corrected chi connectivity index (χ1v) is 10.7. The van der Waals surface area contributed by atoms with Crippen molar-refractivity contribution in [3.63, 3.8) is 0 Å². The maximum atomic E-state index is 12.3. The maximum Gasteiger partial charge on any atom is 0.297 e. The van der Waals surface area contributed by atoms with E-state index in [2.05, 4.69) is 0 Å². The van der Waals surface area contributed by atoms with Crippen LogP contribution in [0.1, 0.15) is 30.4 Å². The lowest BCUT2D eigenvalue weighted by molar-refractivity contribution is -0.204. The highest BCUT2D eigenvalue weighted by Gasteiger charge is 2.25. The lowest BCUT2D eigenvalue weighted by Crippen LogP contribution is -2.33. The first kappa shape index (κ1) is 20.3. The fourth-order valence-electron chi connectivity index (χ4n) is 2.82. The molecule has 3 rings (SSSR count). The van der Waals surface area contributed by atoms with Crippen LogP contribution in [-0.4, -0.2) is 27.4 Å². The van der Waals surface area contributed by atoms with Crippen molar-refractivity contribution in [2.45, 2.75) is 50.1 Å². The molecule has 7 heteroatoms. The van der Waals surface area contributed by atoms with E-state index in [-0.39, 0.29) is 23.9 Å². The van der Waals surface area contributed by atoms with Crippen molar-refractivity contribution >= 4 is 21.7 Å². The fraction of sp³-hybridized carbons (Fsp3) is 0.400. The van der Waals surface area contributed by atoms with Crippen LogP contribution < -0.4 is 0 Å². The molecule has 0 aromatic heterocycles. The van der Waals surface area contributed by atoms with E-state index in [1.54, 1.807) is 24.3 Å². The Morgan fingerprint density at radius 3 is 2.48 bits per heavy atom. The molecule has 0 aliphatic carbocycles. The van der Waals surface area contributed by atoms with Crippen molar-refractivity contribution in [2.24, 2.45) is 0 Å². The lowest BCUT2D eigenvalue weighted by atomic mass is 10.1. The Hall–Kier alpha value is -1.44. The summed E-state index contributed by atoms with van der Waals surface area (Å²) in [4.78, 5) is 0.152. The average Bonchev–Trinajstić information content (AvgIpc) is 2.67. The molecule has 0 bridgehead atoms. The molecule has 146 valence electrons. The smallest absolute Gasteiger partial charge is 0.297 e. The topological polar surface area (TPSA) is 61.8 Å². The molecule has 0 amide bonds. The molecule has 1 heterocycles. The minimum absolute atomic E-state index is 0.0169. The van der Waals surface area contributed by atoms with Crippen LogP contribution in [0.3, 0.4) is 0 Å². The minimum Gasteiger partial charge on any atom is -0.348 e. The van der Waals surface area contributed by atoms with Gasteiger partial charge >= 0.3 is 0 Å². The Bertz CT molecular complexity index is 834. The van der Waals surface area contributed by atoms with Crippen molar-refractivity contribution in [1.29, 1.82) is 0 Å². The molecule has 2 atom stereocenters. The number of halogens is 1. The highest BCUT2D eigenvalue weighted by molar-refractivity contribution is 7.86. The number of aryl methyl sites for hydroxylation is 1. The predicted molar refractivity (Wildman–Crippen MR) is 103 cm³/mol. The van der Waals surface area contributed by atoms with E-state index in [1.807, 2.05) is 31.2 Å². The van der Waals surface area contributed by atoms with Crippen LogP contribution in [0.25, 0.3) is 0 Å². The van der Waals surface area contributed by atoms with Gasteiger partial charge in [-0.05, 0) is 56.0 Å². The van der Waals surface area contributed by atoms with E-state index in [4.69, 9.17) is 25.3 Å². The summed E-state index contributed by atoms with van der Waals surface area (Å²) in [7, 11) is -3.79. The van der Waals surface area contributed by atoms with Gasteiger partial charge in [0.1, 0.15) is 0 Å². The first-order chi connectivity index (χ1) is 12.9. The summed E-state index contributed by atoms with van der Waals surface area (Å²) in [6.07, 6.45) is 1.72. The van der Waals surface area contributed by atoms with Crippen LogP contribution in [0.15, 0.2) is 53.4 Å². The number of hydrogen-bond acceptors (Lipinski definition) is 5. The van der Waals surface area contributed by atoms with Gasteiger partial charge in [0.15, 0.2) is 6.29 Å². The third kappa shape index (κ3) is 6.02. The summed E-state index contributed by atoms with van der Waals surface area (Å²) in [5.41, 5.74) is 1.99. The number of ether oxygens (including phenoxy) is 2. The van der Waals surface area contributed by atoms with Gasteiger partial charge in [0, 0.05) is 5.02 Å². The summed E-state index contributed by atoms with van der Waals surface area (Å²) in [5, 5.41) is 0.680. The normalized spacial score (nSPS) is 20.5. The van der Waals surface area contributed by atoms with E-state index in [0.717, 1.165) is 30.4 Å². The molecule has 1 aliphatic rings. The van der Waals surface area contributed by atoms with Crippen molar-refractivity contribution in [2.75, 3.05) is 6.61 Å². The number of rotatable bonds is 7. The largest absolute Gasteiger partial charge is 0.348 e. The first-order valence-electron chi connectivity index (χ1n) is 8.90. The summed E-state index contributed by atoms with van der Waals surface area (Å²) < 4.78 is 41.4. The Kier molecular flexibility index (Phi) is 6.89. The van der Waals surface area contributed by atoms with E-state index in [1.165, 1.54) is 0 Å². The number of benzene rings is 2. The zero-order chi connectivity index (χ0) is 19.3. The zero-order valence-electron chi connectivity index (χ0n) is 15.1.